The van der Waals surface area contributed by atoms with E-state index in [1.54, 1.807) is 22.7 Å². The fourth-order valence-electron chi connectivity index (χ4n) is 3.93. The molecule has 0 saturated heterocycles. The quantitative estimate of drug-likeness (QED) is 0.403. The van der Waals surface area contributed by atoms with Crippen LogP contribution in [0.15, 0.2) is 48.5 Å². The Balaban J connectivity index is 1.58. The lowest BCUT2D eigenvalue weighted by atomic mass is 10.0. The van der Waals surface area contributed by atoms with E-state index in [0.717, 1.165) is 45.3 Å². The number of hydrogen-bond donors (Lipinski definition) is 1. The Kier molecular flexibility index (Phi) is 5.33. The highest BCUT2D eigenvalue weighted by molar-refractivity contribution is 7.23. The molecule has 0 spiro atoms. The minimum absolute atomic E-state index is 0.235. The predicted octanol–water partition coefficient (Wildman–Crippen LogP) is 6.18. The monoisotopic (exact) mass is 451 g/mol. The van der Waals surface area contributed by atoms with Crippen molar-refractivity contribution in [3.8, 4) is 10.6 Å². The first-order chi connectivity index (χ1) is 15.0. The van der Waals surface area contributed by atoms with Crippen LogP contribution < -0.4 is 5.32 Å². The number of amides is 1. The van der Waals surface area contributed by atoms with Crippen LogP contribution in [0.4, 0.5) is 9.39 Å². The molecule has 0 fully saturated rings. The van der Waals surface area contributed by atoms with Gasteiger partial charge in [-0.25, -0.2) is 9.37 Å². The molecule has 4 aromatic rings. The van der Waals surface area contributed by atoms with Gasteiger partial charge in [0.2, 0.25) is 0 Å². The van der Waals surface area contributed by atoms with Crippen LogP contribution >= 0.6 is 22.7 Å². The highest BCUT2D eigenvalue weighted by atomic mass is 32.1. The van der Waals surface area contributed by atoms with Crippen molar-refractivity contribution in [3.05, 3.63) is 70.4 Å². The van der Waals surface area contributed by atoms with Crippen molar-refractivity contribution in [2.75, 3.05) is 11.9 Å². The average Bonchev–Trinajstić information content (AvgIpc) is 3.33. The maximum atomic E-state index is 13.3. The summed E-state index contributed by atoms with van der Waals surface area (Å²) in [6.07, 6.45) is 0.932. The van der Waals surface area contributed by atoms with Crippen LogP contribution in [-0.4, -0.2) is 28.4 Å². The van der Waals surface area contributed by atoms with Crippen molar-refractivity contribution in [2.45, 2.75) is 32.9 Å². The lowest BCUT2D eigenvalue weighted by Gasteiger charge is -2.30. The second-order valence-electron chi connectivity index (χ2n) is 7.97. The lowest BCUT2D eigenvalue weighted by molar-refractivity contribution is 0.102. The van der Waals surface area contributed by atoms with E-state index >= 15 is 0 Å². The van der Waals surface area contributed by atoms with Gasteiger partial charge in [-0.05, 0) is 62.2 Å². The molecule has 4 nitrogen and oxygen atoms in total. The van der Waals surface area contributed by atoms with Gasteiger partial charge in [0.15, 0.2) is 0 Å². The third-order valence-corrected chi connectivity index (χ3v) is 7.84. The summed E-state index contributed by atoms with van der Waals surface area (Å²) in [5.74, 6) is -0.589. The van der Waals surface area contributed by atoms with Crippen molar-refractivity contribution in [3.63, 3.8) is 0 Å². The van der Waals surface area contributed by atoms with E-state index in [4.69, 9.17) is 4.98 Å². The molecule has 0 atom stereocenters. The maximum Gasteiger partial charge on any atom is 0.256 e. The Hall–Kier alpha value is -2.61. The van der Waals surface area contributed by atoms with Crippen molar-refractivity contribution in [1.29, 1.82) is 0 Å². The molecule has 2 aromatic carbocycles. The summed E-state index contributed by atoms with van der Waals surface area (Å²) in [6.45, 7) is 6.29. The molecule has 0 saturated carbocycles. The number of thiophene rings is 1. The Morgan fingerprint density at radius 2 is 1.90 bits per heavy atom. The molecule has 7 heteroatoms. The number of benzene rings is 2. The average molecular weight is 452 g/mol. The van der Waals surface area contributed by atoms with Gasteiger partial charge in [-0.15, -0.1) is 22.7 Å². The maximum absolute atomic E-state index is 13.3. The van der Waals surface area contributed by atoms with E-state index in [1.807, 2.05) is 18.2 Å². The Labute approximate surface area is 188 Å². The zero-order valence-corrected chi connectivity index (χ0v) is 18.9. The number of rotatable bonds is 4. The van der Waals surface area contributed by atoms with Crippen LogP contribution in [-0.2, 0) is 13.0 Å². The van der Waals surface area contributed by atoms with Gasteiger partial charge in [0, 0.05) is 35.1 Å². The molecule has 3 heterocycles. The molecule has 5 rings (SSSR count). The van der Waals surface area contributed by atoms with Gasteiger partial charge in [-0.1, -0.05) is 12.1 Å². The van der Waals surface area contributed by atoms with Gasteiger partial charge in [0.05, 0.1) is 10.2 Å². The van der Waals surface area contributed by atoms with E-state index in [1.165, 1.54) is 34.7 Å². The minimum Gasteiger partial charge on any atom is -0.313 e. The standard InChI is InChI=1S/C24H22FN3OS2/c1-14(2)28-12-11-17-20(13-28)31-24(27-22(29)15-7-9-16(25)10-8-15)21(17)23-26-18-5-3-4-6-19(18)30-23/h3-10,14H,11-13H2,1-2H3,(H,27,29). The minimum atomic E-state index is -0.355. The van der Waals surface area contributed by atoms with Gasteiger partial charge in [0.1, 0.15) is 15.8 Å². The number of nitrogens with zero attached hydrogens (tertiary/aromatic N) is 2. The van der Waals surface area contributed by atoms with E-state index in [-0.39, 0.29) is 11.7 Å². The molecule has 0 unspecified atom stereocenters. The third kappa shape index (κ3) is 3.89. The fraction of sp³-hybridized carbons (Fsp3) is 0.250. The van der Waals surface area contributed by atoms with Gasteiger partial charge in [-0.3, -0.25) is 9.69 Å². The molecular formula is C24H22FN3OS2. The smallest absolute Gasteiger partial charge is 0.256 e. The first-order valence-corrected chi connectivity index (χ1v) is 11.9. The van der Waals surface area contributed by atoms with Crippen LogP contribution in [0.1, 0.15) is 34.6 Å². The van der Waals surface area contributed by atoms with E-state index in [0.29, 0.717) is 11.6 Å². The van der Waals surface area contributed by atoms with E-state index in [9.17, 15) is 9.18 Å². The second-order valence-corrected chi connectivity index (χ2v) is 10.1. The van der Waals surface area contributed by atoms with Crippen molar-refractivity contribution < 1.29 is 9.18 Å². The Morgan fingerprint density at radius 3 is 2.65 bits per heavy atom. The van der Waals surface area contributed by atoms with Gasteiger partial charge in [-0.2, -0.15) is 0 Å². The number of anilines is 1. The molecule has 31 heavy (non-hydrogen) atoms. The first-order valence-electron chi connectivity index (χ1n) is 10.3. The number of carbonyl (C=O) groups is 1. The first kappa shape index (κ1) is 20.3. The topological polar surface area (TPSA) is 45.2 Å². The summed E-state index contributed by atoms with van der Waals surface area (Å²) in [5, 5.41) is 4.86. The molecule has 1 N–H and O–H groups in total. The molecule has 1 amide bonds. The number of aromatic nitrogens is 1. The number of hydrogen-bond acceptors (Lipinski definition) is 5. The normalized spacial score (nSPS) is 14.2. The third-order valence-electron chi connectivity index (χ3n) is 5.66. The molecule has 1 aliphatic rings. The molecule has 158 valence electrons. The van der Waals surface area contributed by atoms with Gasteiger partial charge >= 0.3 is 0 Å². The zero-order valence-electron chi connectivity index (χ0n) is 17.3. The van der Waals surface area contributed by atoms with Crippen LogP contribution in [0.2, 0.25) is 0 Å². The van der Waals surface area contributed by atoms with Crippen LogP contribution in [0.3, 0.4) is 0 Å². The summed E-state index contributed by atoms with van der Waals surface area (Å²) in [4.78, 5) is 21.5. The molecule has 0 bridgehead atoms. The van der Waals surface area contributed by atoms with Crippen LogP contribution in [0.5, 0.6) is 0 Å². The summed E-state index contributed by atoms with van der Waals surface area (Å²) >= 11 is 3.29. The molecule has 1 aliphatic heterocycles. The number of para-hydroxylation sites is 1. The van der Waals surface area contributed by atoms with E-state index < -0.39 is 0 Å². The second kappa shape index (κ2) is 8.15. The molecule has 0 radical (unpaired) electrons. The number of halogens is 1. The SMILES string of the molecule is CC(C)N1CCc2c(sc(NC(=O)c3ccc(F)cc3)c2-c2nc3ccccc3s2)C1. The van der Waals surface area contributed by atoms with Crippen molar-refractivity contribution in [1.82, 2.24) is 9.88 Å². The lowest BCUT2D eigenvalue weighted by Crippen LogP contribution is -2.35. The fourth-order valence-corrected chi connectivity index (χ4v) is 6.31. The number of fused-ring (bicyclic) bond motifs is 2. The molecular weight excluding hydrogens is 429 g/mol. The number of carbonyl (C=O) groups excluding carboxylic acids is 1. The Bertz CT molecular complexity index is 1230. The number of thiazole rings is 1. The molecule has 0 aliphatic carbocycles. The highest BCUT2D eigenvalue weighted by Crippen LogP contribution is 2.46. The van der Waals surface area contributed by atoms with E-state index in [2.05, 4.69) is 30.1 Å². The zero-order chi connectivity index (χ0) is 21.5. The largest absolute Gasteiger partial charge is 0.313 e. The summed E-state index contributed by atoms with van der Waals surface area (Å²) in [7, 11) is 0. The summed E-state index contributed by atoms with van der Waals surface area (Å²) < 4.78 is 14.4. The summed E-state index contributed by atoms with van der Waals surface area (Å²) in [6, 6.07) is 14.2. The van der Waals surface area contributed by atoms with Crippen LogP contribution in [0.25, 0.3) is 20.8 Å². The van der Waals surface area contributed by atoms with Crippen molar-refractivity contribution in [2.24, 2.45) is 0 Å². The van der Waals surface area contributed by atoms with Gasteiger partial charge in [0.25, 0.3) is 5.91 Å². The van der Waals surface area contributed by atoms with Crippen molar-refractivity contribution >= 4 is 43.8 Å². The molecule has 2 aromatic heterocycles. The summed E-state index contributed by atoms with van der Waals surface area (Å²) in [5.41, 5.74) is 3.74. The highest BCUT2D eigenvalue weighted by Gasteiger charge is 2.28. The Morgan fingerprint density at radius 1 is 1.13 bits per heavy atom. The van der Waals surface area contributed by atoms with Gasteiger partial charge < -0.3 is 5.32 Å². The predicted molar refractivity (Wildman–Crippen MR) is 127 cm³/mol. The van der Waals surface area contributed by atoms with Crippen LogP contribution in [0, 0.1) is 5.82 Å². The number of nitrogens with one attached hydrogen (secondary N) is 1.